The second-order valence-corrected chi connectivity index (χ2v) is 11.7. The van der Waals surface area contributed by atoms with E-state index in [4.69, 9.17) is 18.9 Å². The summed E-state index contributed by atoms with van der Waals surface area (Å²) in [6, 6.07) is 11.3. The Bertz CT molecular complexity index is 1490. The van der Waals surface area contributed by atoms with E-state index in [-0.39, 0.29) is 42.0 Å². The van der Waals surface area contributed by atoms with E-state index in [1.807, 2.05) is 4.90 Å². The summed E-state index contributed by atoms with van der Waals surface area (Å²) in [6.07, 6.45) is 2.18. The monoisotopic (exact) mass is 638 g/mol. The van der Waals surface area contributed by atoms with Gasteiger partial charge in [0.1, 0.15) is 29.6 Å². The van der Waals surface area contributed by atoms with Gasteiger partial charge in [0.2, 0.25) is 0 Å². The predicted molar refractivity (Wildman–Crippen MR) is 166 cm³/mol. The second kappa shape index (κ2) is 14.9. The number of carbonyl (C=O) groups excluding carboxylic acids is 2. The van der Waals surface area contributed by atoms with Crippen LogP contribution < -0.4 is 20.9 Å². The number of hydrogen-bond acceptors (Lipinski definition) is 11. The normalized spacial score (nSPS) is 24.0. The minimum absolute atomic E-state index is 0.0515. The number of halogens is 1. The third-order valence-corrected chi connectivity index (χ3v) is 8.30. The van der Waals surface area contributed by atoms with Crippen molar-refractivity contribution in [2.75, 3.05) is 57.5 Å². The fourth-order valence-electron chi connectivity index (χ4n) is 5.87. The lowest BCUT2D eigenvalue weighted by Crippen LogP contribution is -2.39. The first-order valence-corrected chi connectivity index (χ1v) is 15.7. The summed E-state index contributed by atoms with van der Waals surface area (Å²) in [6.45, 7) is 5.20. The summed E-state index contributed by atoms with van der Waals surface area (Å²) in [4.78, 5) is 34.8. The number of aromatic hydroxyl groups is 1. The molecule has 0 radical (unpaired) electrons. The molecule has 0 bridgehead atoms. The first-order valence-electron chi connectivity index (χ1n) is 15.7. The Morgan fingerprint density at radius 1 is 0.935 bits per heavy atom. The molecule has 1 aromatic heterocycles. The number of nitrogens with zero attached hydrogens (tertiary/aromatic N) is 3. The van der Waals surface area contributed by atoms with Crippen molar-refractivity contribution in [3.63, 3.8) is 0 Å². The number of anilines is 1. The third-order valence-electron chi connectivity index (χ3n) is 8.30. The molecule has 2 amide bonds. The zero-order valence-corrected chi connectivity index (χ0v) is 25.5. The molecule has 0 saturated carbocycles. The van der Waals surface area contributed by atoms with E-state index < -0.39 is 6.09 Å². The number of benzene rings is 2. The van der Waals surface area contributed by atoms with Gasteiger partial charge in [0.15, 0.2) is 5.82 Å². The lowest BCUT2D eigenvalue weighted by Gasteiger charge is -2.21. The molecule has 4 aliphatic rings. The van der Waals surface area contributed by atoms with E-state index in [1.165, 1.54) is 12.1 Å². The average Bonchev–Trinajstić information content (AvgIpc) is 3.87. The van der Waals surface area contributed by atoms with Crippen molar-refractivity contribution in [2.45, 2.75) is 50.0 Å². The number of ether oxygens (including phenoxy) is 4. The number of rotatable bonds is 6. The van der Waals surface area contributed by atoms with Crippen LogP contribution in [0.1, 0.15) is 25.7 Å². The highest BCUT2D eigenvalue weighted by molar-refractivity contribution is 5.91. The van der Waals surface area contributed by atoms with Gasteiger partial charge in [-0.2, -0.15) is 0 Å². The van der Waals surface area contributed by atoms with Crippen LogP contribution >= 0.6 is 0 Å². The number of aromatic nitrogens is 2. The molecule has 0 unspecified atom stereocenters. The van der Waals surface area contributed by atoms with Gasteiger partial charge in [0.25, 0.3) is 0 Å². The maximum absolute atomic E-state index is 14.0. The fraction of sp³-hybridized carbons (Fsp3) is 0.500. The third kappa shape index (κ3) is 8.11. The molecule has 0 aliphatic carbocycles. The predicted octanol–water partition coefficient (Wildman–Crippen LogP) is 3.10. The lowest BCUT2D eigenvalue weighted by molar-refractivity contribution is 0.0808. The van der Waals surface area contributed by atoms with E-state index in [2.05, 4.69) is 25.9 Å². The van der Waals surface area contributed by atoms with E-state index in [1.54, 1.807) is 30.3 Å². The molecule has 4 saturated heterocycles. The van der Waals surface area contributed by atoms with Crippen molar-refractivity contribution < 1.29 is 38.0 Å². The van der Waals surface area contributed by atoms with Crippen LogP contribution in [0.4, 0.5) is 19.8 Å². The van der Waals surface area contributed by atoms with Gasteiger partial charge in [-0.25, -0.2) is 23.9 Å². The smallest absolute Gasteiger partial charge is 0.407 e. The highest BCUT2D eigenvalue weighted by atomic mass is 19.1. The molecule has 4 fully saturated rings. The van der Waals surface area contributed by atoms with Gasteiger partial charge in [0, 0.05) is 43.9 Å². The van der Waals surface area contributed by atoms with Gasteiger partial charge in [0.05, 0.1) is 43.5 Å². The Kier molecular flexibility index (Phi) is 10.3. The minimum atomic E-state index is -0.458. The summed E-state index contributed by atoms with van der Waals surface area (Å²) in [5, 5.41) is 19.8. The lowest BCUT2D eigenvalue weighted by atomic mass is 10.1. The van der Waals surface area contributed by atoms with Crippen LogP contribution in [0.3, 0.4) is 0 Å². The largest absolute Gasteiger partial charge is 0.507 e. The molecule has 13 nitrogen and oxygen atoms in total. The number of amides is 2. The Hall–Kier alpha value is -4.27. The molecule has 246 valence electrons. The van der Waals surface area contributed by atoms with Crippen molar-refractivity contribution in [1.29, 1.82) is 0 Å². The zero-order valence-electron chi connectivity index (χ0n) is 25.5. The van der Waals surface area contributed by atoms with Crippen LogP contribution in [0.25, 0.3) is 22.3 Å². The molecule has 4 N–H and O–H groups in total. The molecule has 5 heterocycles. The van der Waals surface area contributed by atoms with E-state index in [0.717, 1.165) is 25.9 Å². The second-order valence-electron chi connectivity index (χ2n) is 11.7. The number of carbonyl (C=O) groups is 2. The number of hydrogen-bond donors (Lipinski definition) is 4. The Labute approximate surface area is 265 Å². The molecule has 14 heteroatoms. The van der Waals surface area contributed by atoms with Gasteiger partial charge in [-0.05, 0) is 49.7 Å². The molecule has 0 spiro atoms. The van der Waals surface area contributed by atoms with Crippen molar-refractivity contribution in [1.82, 2.24) is 25.9 Å². The fourth-order valence-corrected chi connectivity index (χ4v) is 5.87. The Morgan fingerprint density at radius 3 is 2.30 bits per heavy atom. The van der Waals surface area contributed by atoms with Gasteiger partial charge in [-0.15, -0.1) is 0 Å². The van der Waals surface area contributed by atoms with Gasteiger partial charge < -0.3 is 44.9 Å². The van der Waals surface area contributed by atoms with Gasteiger partial charge in [-0.3, -0.25) is 0 Å². The van der Waals surface area contributed by atoms with Crippen LogP contribution in [0, 0.1) is 5.82 Å². The topological polar surface area (TPSA) is 156 Å². The highest BCUT2D eigenvalue weighted by Crippen LogP contribution is 2.33. The van der Waals surface area contributed by atoms with Gasteiger partial charge >= 0.3 is 12.2 Å². The molecule has 4 atom stereocenters. The van der Waals surface area contributed by atoms with E-state index >= 15 is 0 Å². The number of phenolic OH excluding ortho intramolecular Hbond substituents is 1. The highest BCUT2D eigenvalue weighted by Gasteiger charge is 2.29. The molecule has 7 rings (SSSR count). The summed E-state index contributed by atoms with van der Waals surface area (Å²) in [5.41, 5.74) is 1.07. The number of para-hydroxylation sites is 1. The first kappa shape index (κ1) is 31.7. The van der Waals surface area contributed by atoms with Crippen molar-refractivity contribution >= 4 is 28.9 Å². The first-order chi connectivity index (χ1) is 22.4. The van der Waals surface area contributed by atoms with Crippen LogP contribution in [0.2, 0.25) is 0 Å². The minimum Gasteiger partial charge on any atom is -0.507 e. The quantitative estimate of drug-likeness (QED) is 0.315. The van der Waals surface area contributed by atoms with Crippen molar-refractivity contribution in [3.8, 4) is 17.1 Å². The number of fused-ring (bicyclic) bond motifs is 1. The molecule has 2 aromatic carbocycles. The standard InChI is InChI=1S/C23H23FN4O4.C9H16N2O3/c24-14-5-6-19-18(11-14)22(27-21(26-19)17-3-1-2-4-20(17)29)28-9-7-15(12-28)25-23(30)32-16-8-10-31-13-16;12-9(11-7-1-3-10-5-7)14-8-2-4-13-6-8/h1-6,11,15-16,29H,7-10,12-13H2,(H,25,30);7-8,10H,1-6H2,(H,11,12)/t15-,16+;7-,8+/m11/s1. The number of phenols is 1. The van der Waals surface area contributed by atoms with E-state index in [0.29, 0.717) is 80.5 Å². The van der Waals surface area contributed by atoms with Crippen molar-refractivity contribution in [2.24, 2.45) is 0 Å². The summed E-state index contributed by atoms with van der Waals surface area (Å²) in [5.74, 6) is 0.609. The molecule has 3 aromatic rings. The van der Waals surface area contributed by atoms with Crippen LogP contribution in [-0.2, 0) is 18.9 Å². The van der Waals surface area contributed by atoms with Gasteiger partial charge in [-0.1, -0.05) is 12.1 Å². The average molecular weight is 639 g/mol. The van der Waals surface area contributed by atoms with Crippen molar-refractivity contribution in [3.05, 3.63) is 48.3 Å². The summed E-state index contributed by atoms with van der Waals surface area (Å²) < 4.78 is 34.9. The summed E-state index contributed by atoms with van der Waals surface area (Å²) >= 11 is 0. The molecular weight excluding hydrogens is 599 g/mol. The molecular formula is C32H39FN6O7. The van der Waals surface area contributed by atoms with Crippen LogP contribution in [0.15, 0.2) is 42.5 Å². The number of nitrogens with one attached hydrogen (secondary N) is 3. The van der Waals surface area contributed by atoms with Crippen LogP contribution in [-0.4, -0.2) is 104 Å². The summed E-state index contributed by atoms with van der Waals surface area (Å²) in [7, 11) is 0. The SMILES string of the molecule is O=C(N[C@@H]1CCN(c2nc(-c3ccccc3O)nc3ccc(F)cc23)C1)O[C@H]1CCOC1.O=C(N[C@@H]1CCNC1)O[C@H]1CCOC1. The Balaban J connectivity index is 0.000000221. The number of alkyl carbamates (subject to hydrolysis) is 2. The maximum Gasteiger partial charge on any atom is 0.407 e. The molecule has 4 aliphatic heterocycles. The van der Waals surface area contributed by atoms with Crippen LogP contribution in [0.5, 0.6) is 5.75 Å². The molecule has 46 heavy (non-hydrogen) atoms. The Morgan fingerprint density at radius 2 is 1.65 bits per heavy atom. The van der Waals surface area contributed by atoms with E-state index in [9.17, 15) is 19.1 Å². The maximum atomic E-state index is 14.0. The zero-order chi connectivity index (χ0) is 31.9.